The Bertz CT molecular complexity index is 754. The Labute approximate surface area is 157 Å². The lowest BCUT2D eigenvalue weighted by molar-refractivity contribution is -0.128. The molecular formula is C19H25N3O3S. The van der Waals surface area contributed by atoms with Gasteiger partial charge in [0.1, 0.15) is 21.7 Å². The van der Waals surface area contributed by atoms with Crippen molar-refractivity contribution < 1.29 is 14.3 Å². The average Bonchev–Trinajstić information content (AvgIpc) is 3.05. The van der Waals surface area contributed by atoms with Gasteiger partial charge in [-0.25, -0.2) is 4.98 Å². The first kappa shape index (κ1) is 17.4. The molecule has 1 saturated heterocycles. The minimum absolute atomic E-state index is 0.254. The van der Waals surface area contributed by atoms with Gasteiger partial charge in [0.25, 0.3) is 0 Å². The van der Waals surface area contributed by atoms with Gasteiger partial charge in [0.05, 0.1) is 14.2 Å². The van der Waals surface area contributed by atoms with E-state index in [4.69, 9.17) is 14.5 Å². The van der Waals surface area contributed by atoms with Gasteiger partial charge in [-0.2, -0.15) is 0 Å². The lowest BCUT2D eigenvalue weighted by Crippen LogP contribution is -2.47. The van der Waals surface area contributed by atoms with Crippen molar-refractivity contribution >= 4 is 32.6 Å². The molecule has 2 aliphatic rings. The van der Waals surface area contributed by atoms with E-state index in [2.05, 4.69) is 10.2 Å². The van der Waals surface area contributed by atoms with Gasteiger partial charge < -0.3 is 19.7 Å². The maximum atomic E-state index is 12.1. The van der Waals surface area contributed by atoms with E-state index in [1.165, 1.54) is 6.42 Å². The number of thiazole rings is 1. The third kappa shape index (κ3) is 3.20. The number of carbonyl (C=O) groups excluding carboxylic acids is 1. The van der Waals surface area contributed by atoms with Crippen LogP contribution in [0.3, 0.4) is 0 Å². The Morgan fingerprint density at radius 1 is 1.15 bits per heavy atom. The maximum Gasteiger partial charge on any atom is 0.223 e. The fraction of sp³-hybridized carbons (Fsp3) is 0.579. The molecule has 1 aliphatic heterocycles. The molecule has 6 nitrogen and oxygen atoms in total. The topological polar surface area (TPSA) is 63.7 Å². The van der Waals surface area contributed by atoms with E-state index in [9.17, 15) is 4.79 Å². The van der Waals surface area contributed by atoms with E-state index in [1.54, 1.807) is 25.6 Å². The first-order valence-corrected chi connectivity index (χ1v) is 10.1. The summed E-state index contributed by atoms with van der Waals surface area (Å²) in [6.45, 7) is 1.81. The Morgan fingerprint density at radius 3 is 2.46 bits per heavy atom. The van der Waals surface area contributed by atoms with Crippen LogP contribution in [0.15, 0.2) is 12.1 Å². The van der Waals surface area contributed by atoms with E-state index in [0.717, 1.165) is 65.6 Å². The highest BCUT2D eigenvalue weighted by Gasteiger charge is 2.29. The predicted octanol–water partition coefficient (Wildman–Crippen LogP) is 3.20. The summed E-state index contributed by atoms with van der Waals surface area (Å²) in [5.41, 5.74) is 0.854. The number of hydrogen-bond acceptors (Lipinski definition) is 6. The van der Waals surface area contributed by atoms with Gasteiger partial charge in [-0.3, -0.25) is 4.79 Å². The maximum absolute atomic E-state index is 12.1. The van der Waals surface area contributed by atoms with Gasteiger partial charge in [0, 0.05) is 25.0 Å². The number of rotatable bonds is 5. The van der Waals surface area contributed by atoms with E-state index >= 15 is 0 Å². The highest BCUT2D eigenvalue weighted by atomic mass is 32.1. The molecule has 26 heavy (non-hydrogen) atoms. The molecule has 7 heteroatoms. The van der Waals surface area contributed by atoms with Crippen LogP contribution in [0.5, 0.6) is 11.5 Å². The van der Waals surface area contributed by atoms with Crippen LogP contribution < -0.4 is 19.7 Å². The smallest absolute Gasteiger partial charge is 0.223 e. The zero-order chi connectivity index (χ0) is 18.1. The van der Waals surface area contributed by atoms with Gasteiger partial charge in [-0.1, -0.05) is 17.8 Å². The molecule has 0 unspecified atom stereocenters. The summed E-state index contributed by atoms with van der Waals surface area (Å²) in [6.07, 6.45) is 5.23. The molecule has 4 rings (SSSR count). The summed E-state index contributed by atoms with van der Waals surface area (Å²) >= 11 is 1.64. The fourth-order valence-corrected chi connectivity index (χ4v) is 4.74. The molecule has 1 amide bonds. The molecule has 1 N–H and O–H groups in total. The summed E-state index contributed by atoms with van der Waals surface area (Å²) in [4.78, 5) is 19.2. The van der Waals surface area contributed by atoms with Crippen LogP contribution in [0.25, 0.3) is 10.2 Å². The first-order chi connectivity index (χ1) is 12.7. The van der Waals surface area contributed by atoms with Gasteiger partial charge in [0.2, 0.25) is 5.91 Å². The standard InChI is InChI=1S/C19H25N3O3S/c1-24-14-6-7-15(25-2)17-16(14)21-19(26-17)22-10-8-13(9-11-22)20-18(23)12-4-3-5-12/h6-7,12-13H,3-5,8-11H2,1-2H3,(H,20,23). The Hall–Kier alpha value is -2.02. The number of aromatic nitrogens is 1. The second-order valence-electron chi connectivity index (χ2n) is 7.04. The molecule has 0 atom stereocenters. The van der Waals surface area contributed by atoms with E-state index in [0.29, 0.717) is 0 Å². The van der Waals surface area contributed by atoms with E-state index < -0.39 is 0 Å². The normalized spacial score (nSPS) is 18.6. The molecular weight excluding hydrogens is 350 g/mol. The number of piperidine rings is 1. The molecule has 2 aromatic rings. The van der Waals surface area contributed by atoms with Gasteiger partial charge in [-0.05, 0) is 37.8 Å². The largest absolute Gasteiger partial charge is 0.495 e. The van der Waals surface area contributed by atoms with Crippen LogP contribution in [-0.2, 0) is 4.79 Å². The van der Waals surface area contributed by atoms with Crippen LogP contribution in [0.2, 0.25) is 0 Å². The number of amides is 1. The van der Waals surface area contributed by atoms with Crippen molar-refractivity contribution in [1.29, 1.82) is 0 Å². The number of hydrogen-bond donors (Lipinski definition) is 1. The number of anilines is 1. The minimum Gasteiger partial charge on any atom is -0.495 e. The minimum atomic E-state index is 0.254. The molecule has 1 aliphatic carbocycles. The fourth-order valence-electron chi connectivity index (χ4n) is 3.61. The molecule has 1 aromatic carbocycles. The van der Waals surface area contributed by atoms with Crippen molar-refractivity contribution in [3.8, 4) is 11.5 Å². The van der Waals surface area contributed by atoms with E-state index in [1.807, 2.05) is 12.1 Å². The number of nitrogens with one attached hydrogen (secondary N) is 1. The third-order valence-corrected chi connectivity index (χ3v) is 6.62. The van der Waals surface area contributed by atoms with Gasteiger partial charge >= 0.3 is 0 Å². The zero-order valence-corrected chi connectivity index (χ0v) is 16.1. The third-order valence-electron chi connectivity index (χ3n) is 5.49. The lowest BCUT2D eigenvalue weighted by atomic mass is 9.84. The highest BCUT2D eigenvalue weighted by Crippen LogP contribution is 2.40. The monoisotopic (exact) mass is 375 g/mol. The van der Waals surface area contributed by atoms with Crippen LogP contribution in [0.4, 0.5) is 5.13 Å². The van der Waals surface area contributed by atoms with Crippen LogP contribution >= 0.6 is 11.3 Å². The summed E-state index contributed by atoms with van der Waals surface area (Å²) in [6, 6.07) is 4.11. The number of fused-ring (bicyclic) bond motifs is 1. The second-order valence-corrected chi connectivity index (χ2v) is 8.02. The van der Waals surface area contributed by atoms with E-state index in [-0.39, 0.29) is 17.9 Å². The first-order valence-electron chi connectivity index (χ1n) is 9.26. The summed E-state index contributed by atoms with van der Waals surface area (Å²) < 4.78 is 11.9. The number of benzene rings is 1. The predicted molar refractivity (Wildman–Crippen MR) is 103 cm³/mol. The SMILES string of the molecule is COc1ccc(OC)c2sc(N3CCC(NC(=O)C4CCC4)CC3)nc12. The zero-order valence-electron chi connectivity index (χ0n) is 15.3. The molecule has 1 saturated carbocycles. The van der Waals surface area contributed by atoms with Crippen LogP contribution in [-0.4, -0.2) is 44.2 Å². The molecule has 0 spiro atoms. The van der Waals surface area contributed by atoms with Crippen molar-refractivity contribution in [2.45, 2.75) is 38.1 Å². The van der Waals surface area contributed by atoms with Crippen molar-refractivity contribution in [1.82, 2.24) is 10.3 Å². The van der Waals surface area contributed by atoms with Gasteiger partial charge in [-0.15, -0.1) is 0 Å². The number of methoxy groups -OCH3 is 2. The molecule has 2 fully saturated rings. The molecule has 140 valence electrons. The Kier molecular flexibility index (Phi) is 4.89. The summed E-state index contributed by atoms with van der Waals surface area (Å²) in [5, 5.41) is 4.23. The van der Waals surface area contributed by atoms with Crippen LogP contribution in [0.1, 0.15) is 32.1 Å². The van der Waals surface area contributed by atoms with Crippen LogP contribution in [0, 0.1) is 5.92 Å². The number of carbonyl (C=O) groups is 1. The van der Waals surface area contributed by atoms with Crippen molar-refractivity contribution in [2.24, 2.45) is 5.92 Å². The average molecular weight is 375 g/mol. The Balaban J connectivity index is 1.44. The summed E-state index contributed by atoms with van der Waals surface area (Å²) in [5.74, 6) is 2.11. The van der Waals surface area contributed by atoms with Crippen molar-refractivity contribution in [2.75, 3.05) is 32.2 Å². The number of nitrogens with zero attached hydrogens (tertiary/aromatic N) is 2. The molecule has 2 heterocycles. The molecule has 0 radical (unpaired) electrons. The van der Waals surface area contributed by atoms with Crippen molar-refractivity contribution in [3.63, 3.8) is 0 Å². The number of ether oxygens (including phenoxy) is 2. The molecule has 0 bridgehead atoms. The summed E-state index contributed by atoms with van der Waals surface area (Å²) in [7, 11) is 3.34. The second kappa shape index (κ2) is 7.31. The quantitative estimate of drug-likeness (QED) is 0.869. The lowest BCUT2D eigenvalue weighted by Gasteiger charge is -2.34. The van der Waals surface area contributed by atoms with Gasteiger partial charge in [0.15, 0.2) is 5.13 Å². The highest BCUT2D eigenvalue weighted by molar-refractivity contribution is 7.22. The molecule has 1 aromatic heterocycles. The Morgan fingerprint density at radius 2 is 1.85 bits per heavy atom. The van der Waals surface area contributed by atoms with Crippen molar-refractivity contribution in [3.05, 3.63) is 12.1 Å².